The van der Waals surface area contributed by atoms with E-state index in [4.69, 9.17) is 4.42 Å². The number of hydrogen-bond acceptors (Lipinski definition) is 5. The summed E-state index contributed by atoms with van der Waals surface area (Å²) in [5.41, 5.74) is 2.24. The number of carbonyl (C=O) groups excluding carboxylic acids is 1. The van der Waals surface area contributed by atoms with Gasteiger partial charge in [0, 0.05) is 12.5 Å². The van der Waals surface area contributed by atoms with Crippen molar-refractivity contribution in [3.05, 3.63) is 59.0 Å². The smallest absolute Gasteiger partial charge is 0.286 e. The third-order valence-electron chi connectivity index (χ3n) is 5.82. The van der Waals surface area contributed by atoms with E-state index in [-0.39, 0.29) is 17.4 Å². The van der Waals surface area contributed by atoms with Gasteiger partial charge in [-0.05, 0) is 49.2 Å². The molecule has 1 spiro atoms. The van der Waals surface area contributed by atoms with Crippen LogP contribution in [0.15, 0.2) is 40.8 Å². The lowest BCUT2D eigenvalue weighted by molar-refractivity contribution is 0.0433. The number of piperidine rings is 1. The second-order valence-corrected chi connectivity index (χ2v) is 7.14. The predicted molar refractivity (Wildman–Crippen MR) is 97.9 cm³/mol. The number of carbonyl (C=O) groups is 1. The molecular formula is C20H25N3O3. The number of nitrogens with one attached hydrogen (secondary N) is 3. The van der Waals surface area contributed by atoms with Crippen LogP contribution in [-0.2, 0) is 12.0 Å². The molecule has 0 saturated carbocycles. The molecule has 1 aliphatic carbocycles. The van der Waals surface area contributed by atoms with Crippen LogP contribution >= 0.6 is 0 Å². The molecule has 2 heterocycles. The zero-order valence-electron chi connectivity index (χ0n) is 14.9. The molecule has 1 aromatic heterocycles. The van der Waals surface area contributed by atoms with E-state index in [0.717, 1.165) is 25.9 Å². The Labute approximate surface area is 153 Å². The van der Waals surface area contributed by atoms with E-state index in [1.807, 2.05) is 6.07 Å². The third kappa shape index (κ3) is 2.74. The Morgan fingerprint density at radius 3 is 2.81 bits per heavy atom. The number of rotatable bonds is 4. The minimum Gasteiger partial charge on any atom is -0.455 e. The summed E-state index contributed by atoms with van der Waals surface area (Å²) in [4.78, 5) is 11.6. The largest absolute Gasteiger partial charge is 0.455 e. The maximum absolute atomic E-state index is 11.6. The molecule has 4 rings (SSSR count). The highest BCUT2D eigenvalue weighted by atomic mass is 16.4. The van der Waals surface area contributed by atoms with Crippen LogP contribution in [0.2, 0.25) is 0 Å². The Hall–Kier alpha value is -2.15. The minimum atomic E-state index is -0.477. The highest BCUT2D eigenvalue weighted by Gasteiger charge is 2.51. The van der Waals surface area contributed by atoms with E-state index < -0.39 is 6.10 Å². The van der Waals surface area contributed by atoms with E-state index in [9.17, 15) is 9.90 Å². The number of aliphatic hydroxyl groups is 1. The Morgan fingerprint density at radius 2 is 2.04 bits per heavy atom. The number of hydrogen-bond donors (Lipinski definition) is 4. The molecule has 0 bridgehead atoms. The molecule has 1 aromatic carbocycles. The molecule has 0 unspecified atom stereocenters. The average molecular weight is 355 g/mol. The number of furan rings is 1. The lowest BCUT2D eigenvalue weighted by Crippen LogP contribution is -2.47. The van der Waals surface area contributed by atoms with Crippen LogP contribution < -0.4 is 16.0 Å². The summed E-state index contributed by atoms with van der Waals surface area (Å²) >= 11 is 0. The van der Waals surface area contributed by atoms with E-state index in [1.54, 1.807) is 19.2 Å². The van der Waals surface area contributed by atoms with Crippen LogP contribution in [0.3, 0.4) is 0 Å². The van der Waals surface area contributed by atoms with Gasteiger partial charge in [-0.15, -0.1) is 0 Å². The number of benzene rings is 1. The first-order valence-corrected chi connectivity index (χ1v) is 9.18. The average Bonchev–Trinajstić information content (AvgIpc) is 3.24. The van der Waals surface area contributed by atoms with Crippen molar-refractivity contribution in [3.8, 4) is 0 Å². The highest BCUT2D eigenvalue weighted by molar-refractivity contribution is 5.91. The molecule has 26 heavy (non-hydrogen) atoms. The van der Waals surface area contributed by atoms with Crippen molar-refractivity contribution in [1.29, 1.82) is 0 Å². The normalized spacial score (nSPS) is 23.8. The quantitative estimate of drug-likeness (QED) is 0.667. The molecule has 1 fully saturated rings. The predicted octanol–water partition coefficient (Wildman–Crippen LogP) is 1.47. The van der Waals surface area contributed by atoms with Gasteiger partial charge >= 0.3 is 0 Å². The summed E-state index contributed by atoms with van der Waals surface area (Å²) in [6.45, 7) is 2.30. The lowest BCUT2D eigenvalue weighted by Gasteiger charge is -2.39. The zero-order chi connectivity index (χ0) is 18.1. The van der Waals surface area contributed by atoms with E-state index in [1.165, 1.54) is 11.1 Å². The molecule has 2 atom stereocenters. The fraction of sp³-hybridized carbons (Fsp3) is 0.450. The van der Waals surface area contributed by atoms with Gasteiger partial charge in [0.15, 0.2) is 5.76 Å². The van der Waals surface area contributed by atoms with Gasteiger partial charge in [0.2, 0.25) is 0 Å². The molecule has 1 amide bonds. The van der Waals surface area contributed by atoms with Gasteiger partial charge < -0.3 is 25.5 Å². The molecule has 6 nitrogen and oxygen atoms in total. The molecule has 0 radical (unpaired) electrons. The van der Waals surface area contributed by atoms with Crippen molar-refractivity contribution in [1.82, 2.24) is 16.0 Å². The summed E-state index contributed by atoms with van der Waals surface area (Å²) in [6.07, 6.45) is 1.39. The molecule has 6 heteroatoms. The number of amides is 1. The van der Waals surface area contributed by atoms with Crippen LogP contribution in [0.4, 0.5) is 0 Å². The van der Waals surface area contributed by atoms with Crippen LogP contribution in [0.5, 0.6) is 0 Å². The third-order valence-corrected chi connectivity index (χ3v) is 5.82. The fourth-order valence-corrected chi connectivity index (χ4v) is 4.46. The molecule has 1 saturated heterocycles. The van der Waals surface area contributed by atoms with Gasteiger partial charge in [-0.1, -0.05) is 24.3 Å². The van der Waals surface area contributed by atoms with Crippen LogP contribution in [0.25, 0.3) is 0 Å². The Morgan fingerprint density at radius 1 is 1.27 bits per heavy atom. The maximum Gasteiger partial charge on any atom is 0.286 e. The second-order valence-electron chi connectivity index (χ2n) is 7.14. The van der Waals surface area contributed by atoms with Crippen LogP contribution in [0.1, 0.15) is 46.3 Å². The van der Waals surface area contributed by atoms with Crippen molar-refractivity contribution in [2.75, 3.05) is 20.1 Å². The maximum atomic E-state index is 11.6. The van der Waals surface area contributed by atoms with Gasteiger partial charge in [-0.25, -0.2) is 0 Å². The first-order chi connectivity index (χ1) is 12.7. The molecular weight excluding hydrogens is 330 g/mol. The number of fused-ring (bicyclic) bond motifs is 2. The van der Waals surface area contributed by atoms with Gasteiger partial charge in [0.05, 0.1) is 18.7 Å². The number of aliphatic hydroxyl groups excluding tert-OH is 1. The summed E-state index contributed by atoms with van der Waals surface area (Å²) in [7, 11) is 1.58. The van der Waals surface area contributed by atoms with Gasteiger partial charge in [-0.3, -0.25) is 4.79 Å². The van der Waals surface area contributed by atoms with Gasteiger partial charge in [0.1, 0.15) is 5.76 Å². The molecule has 2 aromatic rings. The van der Waals surface area contributed by atoms with Crippen molar-refractivity contribution in [2.24, 2.45) is 0 Å². The van der Waals surface area contributed by atoms with E-state index >= 15 is 0 Å². The summed E-state index contributed by atoms with van der Waals surface area (Å²) in [5.74, 6) is 0.738. The molecule has 2 aliphatic rings. The van der Waals surface area contributed by atoms with Crippen molar-refractivity contribution in [2.45, 2.75) is 36.9 Å². The van der Waals surface area contributed by atoms with Crippen molar-refractivity contribution in [3.63, 3.8) is 0 Å². The molecule has 4 N–H and O–H groups in total. The Bertz CT molecular complexity index is 795. The lowest BCUT2D eigenvalue weighted by atomic mass is 9.72. The van der Waals surface area contributed by atoms with Crippen molar-refractivity contribution >= 4 is 5.91 Å². The zero-order valence-corrected chi connectivity index (χ0v) is 14.9. The monoisotopic (exact) mass is 355 g/mol. The van der Waals surface area contributed by atoms with Crippen LogP contribution in [0, 0.1) is 0 Å². The van der Waals surface area contributed by atoms with Crippen molar-refractivity contribution < 1.29 is 14.3 Å². The van der Waals surface area contributed by atoms with Crippen LogP contribution in [-0.4, -0.2) is 37.3 Å². The van der Waals surface area contributed by atoms with Gasteiger partial charge in [0.25, 0.3) is 5.91 Å². The topological polar surface area (TPSA) is 86.5 Å². The summed E-state index contributed by atoms with van der Waals surface area (Å²) < 4.78 is 5.59. The van der Waals surface area contributed by atoms with E-state index in [2.05, 4.69) is 34.1 Å². The minimum absolute atomic E-state index is 0.141. The summed E-state index contributed by atoms with van der Waals surface area (Å²) in [6, 6.07) is 11.7. The van der Waals surface area contributed by atoms with E-state index in [0.29, 0.717) is 18.1 Å². The fourth-order valence-electron chi connectivity index (χ4n) is 4.46. The highest BCUT2D eigenvalue weighted by Crippen LogP contribution is 2.50. The summed E-state index contributed by atoms with van der Waals surface area (Å²) in [5, 5.41) is 20.6. The molecule has 1 aliphatic heterocycles. The van der Waals surface area contributed by atoms with Gasteiger partial charge in [-0.2, -0.15) is 0 Å². The Balaban J connectivity index is 1.55. The molecule has 138 valence electrons. The second kappa shape index (κ2) is 6.87. The Kier molecular flexibility index (Phi) is 4.56. The first-order valence-electron chi connectivity index (χ1n) is 9.18. The standard InChI is InChI=1S/C20H25N3O3/c1-21-19(25)16-7-6-13(26-16)12-23-17-14-4-2-3-5-15(14)20(18(17)24)8-10-22-11-9-20/h2-7,17-18,22-24H,8-12H2,1H3,(H,21,25)/t17-,18+/m1/s1. The SMILES string of the molecule is CNC(=O)c1ccc(CN[C@@H]2c3ccccc3C3(CCNCC3)[C@H]2O)o1. The first kappa shape index (κ1) is 17.3.